The molecule has 1 aliphatic rings. The van der Waals surface area contributed by atoms with Crippen molar-refractivity contribution in [3.8, 4) is 0 Å². The number of esters is 2. The van der Waals surface area contributed by atoms with Gasteiger partial charge in [-0.15, -0.1) is 0 Å². The van der Waals surface area contributed by atoms with Gasteiger partial charge in [0.25, 0.3) is 5.70 Å². The number of hydrogen-bond acceptors (Lipinski definition) is 4. The summed E-state index contributed by atoms with van der Waals surface area (Å²) in [6, 6.07) is 0. The zero-order valence-electron chi connectivity index (χ0n) is 13.5. The van der Waals surface area contributed by atoms with Crippen LogP contribution in [-0.4, -0.2) is 24.1 Å². The first-order valence-corrected chi connectivity index (χ1v) is 7.03. The minimum atomic E-state index is -0.641. The van der Waals surface area contributed by atoms with E-state index in [2.05, 4.69) is 4.85 Å². The molecular weight excluding hydrogens is 270 g/mol. The highest BCUT2D eigenvalue weighted by atomic mass is 16.6. The third-order valence-electron chi connectivity index (χ3n) is 3.51. The molecule has 2 unspecified atom stereocenters. The van der Waals surface area contributed by atoms with Gasteiger partial charge in [-0.2, -0.15) is 0 Å². The molecule has 0 aromatic rings. The monoisotopic (exact) mass is 293 g/mol. The zero-order chi connectivity index (χ0) is 16.4. The number of rotatable bonds is 4. The maximum Gasteiger partial charge on any atom is 0.335 e. The van der Waals surface area contributed by atoms with Crippen molar-refractivity contribution >= 4 is 11.9 Å². The lowest BCUT2D eigenvalue weighted by atomic mass is 10.1. The molecule has 5 nitrogen and oxygen atoms in total. The second-order valence-corrected chi connectivity index (χ2v) is 6.74. The van der Waals surface area contributed by atoms with Gasteiger partial charge in [0.1, 0.15) is 5.60 Å². The summed E-state index contributed by atoms with van der Waals surface area (Å²) >= 11 is 0. The fraction of sp³-hybridized carbons (Fsp3) is 0.688. The van der Waals surface area contributed by atoms with Crippen LogP contribution in [0.5, 0.6) is 0 Å². The number of ether oxygens (including phenoxy) is 2. The number of allylic oxidation sites excluding steroid dienone is 1. The van der Waals surface area contributed by atoms with Crippen LogP contribution in [0.25, 0.3) is 4.85 Å². The quantitative estimate of drug-likeness (QED) is 0.454. The van der Waals surface area contributed by atoms with Crippen LogP contribution < -0.4 is 0 Å². The summed E-state index contributed by atoms with van der Waals surface area (Å²) in [5.41, 5.74) is -0.931. The SMILES string of the molecule is [C-]#[N+]/C(=C\C1C(C(=O)OC(C)(C)C)C1(C)C)C(=O)OCC. The van der Waals surface area contributed by atoms with Gasteiger partial charge < -0.3 is 9.47 Å². The largest absolute Gasteiger partial charge is 0.471 e. The van der Waals surface area contributed by atoms with Crippen LogP contribution in [0.3, 0.4) is 0 Å². The predicted molar refractivity (Wildman–Crippen MR) is 77.9 cm³/mol. The average molecular weight is 293 g/mol. The number of nitrogens with zero attached hydrogens (tertiary/aromatic N) is 1. The Morgan fingerprint density at radius 1 is 1.33 bits per heavy atom. The molecule has 0 heterocycles. The van der Waals surface area contributed by atoms with E-state index in [0.717, 1.165) is 0 Å². The molecular formula is C16H23NO4. The van der Waals surface area contributed by atoms with E-state index in [1.54, 1.807) is 13.0 Å². The summed E-state index contributed by atoms with van der Waals surface area (Å²) in [5.74, 6) is -1.44. The summed E-state index contributed by atoms with van der Waals surface area (Å²) in [6.45, 7) is 18.3. The van der Waals surface area contributed by atoms with Gasteiger partial charge in [0, 0.05) is 0 Å². The first-order valence-electron chi connectivity index (χ1n) is 7.03. The van der Waals surface area contributed by atoms with Crippen molar-refractivity contribution in [3.63, 3.8) is 0 Å². The van der Waals surface area contributed by atoms with Gasteiger partial charge in [0.15, 0.2) is 0 Å². The Kier molecular flexibility index (Phi) is 4.83. The number of hydrogen-bond donors (Lipinski definition) is 0. The van der Waals surface area contributed by atoms with E-state index in [0.29, 0.717) is 0 Å². The molecule has 116 valence electrons. The topological polar surface area (TPSA) is 57.0 Å². The number of carbonyl (C=O) groups is 2. The Balaban J connectivity index is 2.88. The van der Waals surface area contributed by atoms with Crippen molar-refractivity contribution in [3.05, 3.63) is 23.2 Å². The second-order valence-electron chi connectivity index (χ2n) is 6.74. The molecule has 1 fully saturated rings. The molecule has 0 radical (unpaired) electrons. The molecule has 0 aromatic heterocycles. The molecule has 0 N–H and O–H groups in total. The Bertz CT molecular complexity index is 505. The van der Waals surface area contributed by atoms with Crippen LogP contribution in [0, 0.1) is 23.8 Å². The fourth-order valence-corrected chi connectivity index (χ4v) is 2.33. The normalized spacial score (nSPS) is 24.0. The first-order chi connectivity index (χ1) is 9.54. The highest BCUT2D eigenvalue weighted by Crippen LogP contribution is 2.60. The summed E-state index contributed by atoms with van der Waals surface area (Å²) in [5, 5.41) is 0. The van der Waals surface area contributed by atoms with Gasteiger partial charge in [-0.25, -0.2) is 4.85 Å². The Morgan fingerprint density at radius 2 is 1.90 bits per heavy atom. The number of carbonyl (C=O) groups excluding carboxylic acids is 2. The lowest BCUT2D eigenvalue weighted by Crippen LogP contribution is -2.26. The molecule has 0 aliphatic heterocycles. The summed E-state index contributed by atoms with van der Waals surface area (Å²) in [4.78, 5) is 27.0. The van der Waals surface area contributed by atoms with Crippen molar-refractivity contribution in [2.24, 2.45) is 17.3 Å². The van der Waals surface area contributed by atoms with E-state index in [1.807, 2.05) is 34.6 Å². The zero-order valence-corrected chi connectivity index (χ0v) is 13.5. The van der Waals surface area contributed by atoms with Crippen molar-refractivity contribution in [1.82, 2.24) is 0 Å². The van der Waals surface area contributed by atoms with Crippen LogP contribution in [-0.2, 0) is 19.1 Å². The molecule has 0 spiro atoms. The molecule has 5 heteroatoms. The molecule has 2 atom stereocenters. The molecule has 0 aromatic carbocycles. The molecule has 21 heavy (non-hydrogen) atoms. The van der Waals surface area contributed by atoms with E-state index in [1.165, 1.54) is 0 Å². The minimum absolute atomic E-state index is 0.0685. The van der Waals surface area contributed by atoms with Gasteiger partial charge >= 0.3 is 11.9 Å². The first kappa shape index (κ1) is 17.2. The molecule has 1 aliphatic carbocycles. The van der Waals surface area contributed by atoms with Crippen LogP contribution in [0.2, 0.25) is 0 Å². The molecule has 1 rings (SSSR count). The van der Waals surface area contributed by atoms with E-state index >= 15 is 0 Å². The average Bonchev–Trinajstić information content (AvgIpc) is 2.85. The highest BCUT2D eigenvalue weighted by Gasteiger charge is 2.62. The highest BCUT2D eigenvalue weighted by molar-refractivity contribution is 5.91. The molecule has 0 amide bonds. The smallest absolute Gasteiger partial charge is 0.335 e. The second kappa shape index (κ2) is 5.88. The van der Waals surface area contributed by atoms with Crippen LogP contribution in [0.1, 0.15) is 41.5 Å². The predicted octanol–water partition coefficient (Wildman–Crippen LogP) is 2.97. The maximum absolute atomic E-state index is 12.2. The van der Waals surface area contributed by atoms with Crippen LogP contribution in [0.15, 0.2) is 11.8 Å². The van der Waals surface area contributed by atoms with Gasteiger partial charge in [0.2, 0.25) is 0 Å². The van der Waals surface area contributed by atoms with Crippen LogP contribution in [0.4, 0.5) is 0 Å². The summed E-state index contributed by atoms with van der Waals surface area (Å²) in [6.07, 6.45) is 1.54. The van der Waals surface area contributed by atoms with E-state index in [-0.39, 0.29) is 35.5 Å². The van der Waals surface area contributed by atoms with Crippen molar-refractivity contribution in [2.45, 2.75) is 47.1 Å². The molecule has 0 bridgehead atoms. The van der Waals surface area contributed by atoms with Crippen molar-refractivity contribution < 1.29 is 19.1 Å². The van der Waals surface area contributed by atoms with Gasteiger partial charge in [-0.3, -0.25) is 9.59 Å². The Hall–Kier alpha value is -1.83. The molecule has 1 saturated carbocycles. The van der Waals surface area contributed by atoms with Gasteiger partial charge in [-0.1, -0.05) is 19.9 Å². The van der Waals surface area contributed by atoms with E-state index in [4.69, 9.17) is 16.0 Å². The molecule has 0 saturated heterocycles. The summed E-state index contributed by atoms with van der Waals surface area (Å²) in [7, 11) is 0. The third-order valence-corrected chi connectivity index (χ3v) is 3.51. The Labute approximate surface area is 126 Å². The van der Waals surface area contributed by atoms with Crippen LogP contribution >= 0.6 is 0 Å². The Morgan fingerprint density at radius 3 is 2.33 bits per heavy atom. The van der Waals surface area contributed by atoms with Crippen molar-refractivity contribution in [2.75, 3.05) is 6.61 Å². The van der Waals surface area contributed by atoms with Crippen molar-refractivity contribution in [1.29, 1.82) is 0 Å². The maximum atomic E-state index is 12.2. The van der Waals surface area contributed by atoms with E-state index < -0.39 is 11.6 Å². The third kappa shape index (κ3) is 4.07. The van der Waals surface area contributed by atoms with E-state index in [9.17, 15) is 9.59 Å². The van der Waals surface area contributed by atoms with Gasteiger partial charge in [-0.05, 0) is 39.0 Å². The lowest BCUT2D eigenvalue weighted by Gasteiger charge is -2.19. The standard InChI is InChI=1S/C16H23NO4/c1-8-20-13(18)11(17-7)9-10-12(16(10,5)6)14(19)21-15(2,3)4/h9-10,12H,8H2,1-6H3/b11-9-. The van der Waals surface area contributed by atoms with Gasteiger partial charge in [0.05, 0.1) is 19.1 Å². The summed E-state index contributed by atoms with van der Waals surface area (Å²) < 4.78 is 10.2. The fourth-order valence-electron chi connectivity index (χ4n) is 2.33. The lowest BCUT2D eigenvalue weighted by molar-refractivity contribution is -0.157. The minimum Gasteiger partial charge on any atom is -0.471 e.